The Hall–Kier alpha value is -3.48. The van der Waals surface area contributed by atoms with Crippen molar-refractivity contribution in [3.63, 3.8) is 0 Å². The molecule has 3 aromatic rings. The minimum Gasteiger partial charge on any atom is -0.439 e. The molecule has 0 aliphatic rings. The standard InChI is InChI=1S/C19H17FN4O2/c20-15-3-6-17(7-4-15)26-18-8-5-16(13-23-18)24-19(25)22-11-9-14-2-1-10-21-12-14/h1-8,10,12-13H,9,11H2,(H2,22,24,25). The number of hydrogen-bond donors (Lipinski definition) is 2. The Kier molecular flexibility index (Phi) is 5.72. The summed E-state index contributed by atoms with van der Waals surface area (Å²) < 4.78 is 18.4. The molecule has 26 heavy (non-hydrogen) atoms. The van der Waals surface area contributed by atoms with Gasteiger partial charge in [0.05, 0.1) is 11.9 Å². The van der Waals surface area contributed by atoms with Gasteiger partial charge < -0.3 is 15.4 Å². The second kappa shape index (κ2) is 8.57. The first-order valence-corrected chi connectivity index (χ1v) is 8.02. The van der Waals surface area contributed by atoms with Crippen LogP contribution in [0.2, 0.25) is 0 Å². The highest BCUT2D eigenvalue weighted by Gasteiger charge is 2.04. The van der Waals surface area contributed by atoms with Gasteiger partial charge in [0.1, 0.15) is 11.6 Å². The molecule has 2 amide bonds. The van der Waals surface area contributed by atoms with Gasteiger partial charge in [0.15, 0.2) is 0 Å². The number of nitrogens with zero attached hydrogens (tertiary/aromatic N) is 2. The number of ether oxygens (including phenoxy) is 1. The second-order valence-electron chi connectivity index (χ2n) is 5.43. The molecule has 0 unspecified atom stereocenters. The van der Waals surface area contributed by atoms with Gasteiger partial charge in [-0.3, -0.25) is 4.98 Å². The van der Waals surface area contributed by atoms with E-state index in [0.29, 0.717) is 30.3 Å². The van der Waals surface area contributed by atoms with Crippen molar-refractivity contribution < 1.29 is 13.9 Å². The van der Waals surface area contributed by atoms with Crippen LogP contribution < -0.4 is 15.4 Å². The lowest BCUT2D eigenvalue weighted by atomic mass is 10.2. The number of halogens is 1. The summed E-state index contributed by atoms with van der Waals surface area (Å²) in [5.74, 6) is 0.492. The smallest absolute Gasteiger partial charge is 0.319 e. The van der Waals surface area contributed by atoms with Gasteiger partial charge in [0, 0.05) is 25.0 Å². The topological polar surface area (TPSA) is 76.1 Å². The van der Waals surface area contributed by atoms with E-state index >= 15 is 0 Å². The third-order valence-corrected chi connectivity index (χ3v) is 3.45. The van der Waals surface area contributed by atoms with Crippen LogP contribution in [0.1, 0.15) is 5.56 Å². The Morgan fingerprint density at radius 1 is 1.08 bits per heavy atom. The van der Waals surface area contributed by atoms with Crippen molar-refractivity contribution in [3.05, 3.63) is 78.5 Å². The molecule has 3 rings (SSSR count). The average molecular weight is 352 g/mol. The molecule has 2 N–H and O–H groups in total. The monoisotopic (exact) mass is 352 g/mol. The van der Waals surface area contributed by atoms with Gasteiger partial charge in [-0.25, -0.2) is 14.2 Å². The fraction of sp³-hybridized carbons (Fsp3) is 0.105. The van der Waals surface area contributed by atoms with E-state index in [9.17, 15) is 9.18 Å². The van der Waals surface area contributed by atoms with Gasteiger partial charge in [-0.15, -0.1) is 0 Å². The molecular weight excluding hydrogens is 335 g/mol. The maximum absolute atomic E-state index is 12.9. The molecule has 6 nitrogen and oxygen atoms in total. The van der Waals surface area contributed by atoms with Crippen LogP contribution in [-0.2, 0) is 6.42 Å². The van der Waals surface area contributed by atoms with E-state index in [1.807, 2.05) is 12.1 Å². The summed E-state index contributed by atoms with van der Waals surface area (Å²) in [6.07, 6.45) is 5.66. The minimum absolute atomic E-state index is 0.317. The maximum atomic E-state index is 12.9. The number of carbonyl (C=O) groups excluding carboxylic acids is 1. The second-order valence-corrected chi connectivity index (χ2v) is 5.43. The summed E-state index contributed by atoms with van der Waals surface area (Å²) in [6, 6.07) is 12.4. The number of carbonyl (C=O) groups is 1. The van der Waals surface area contributed by atoms with E-state index in [-0.39, 0.29) is 11.8 Å². The molecule has 0 saturated carbocycles. The summed E-state index contributed by atoms with van der Waals surface area (Å²) in [4.78, 5) is 20.0. The number of pyridine rings is 2. The van der Waals surface area contributed by atoms with Crippen molar-refractivity contribution in [2.45, 2.75) is 6.42 Å². The molecular formula is C19H17FN4O2. The summed E-state index contributed by atoms with van der Waals surface area (Å²) in [5.41, 5.74) is 1.59. The number of nitrogens with one attached hydrogen (secondary N) is 2. The van der Waals surface area contributed by atoms with Crippen LogP contribution in [0.5, 0.6) is 11.6 Å². The normalized spacial score (nSPS) is 10.2. The summed E-state index contributed by atoms with van der Waals surface area (Å²) in [5, 5.41) is 5.46. The van der Waals surface area contributed by atoms with Gasteiger partial charge in [-0.05, 0) is 48.4 Å². The number of benzene rings is 1. The van der Waals surface area contributed by atoms with Crippen LogP contribution in [0.25, 0.3) is 0 Å². The van der Waals surface area contributed by atoms with E-state index < -0.39 is 0 Å². The molecule has 0 aliphatic carbocycles. The van der Waals surface area contributed by atoms with Gasteiger partial charge in [0.2, 0.25) is 5.88 Å². The Bertz CT molecular complexity index is 840. The lowest BCUT2D eigenvalue weighted by Gasteiger charge is -2.08. The summed E-state index contributed by atoms with van der Waals surface area (Å²) in [7, 11) is 0. The van der Waals surface area contributed by atoms with E-state index in [1.54, 1.807) is 24.5 Å². The largest absolute Gasteiger partial charge is 0.439 e. The molecule has 1 aromatic carbocycles. The van der Waals surface area contributed by atoms with Crippen molar-refractivity contribution in [2.75, 3.05) is 11.9 Å². The molecule has 0 atom stereocenters. The minimum atomic E-state index is -0.334. The fourth-order valence-electron chi connectivity index (χ4n) is 2.18. The quantitative estimate of drug-likeness (QED) is 0.708. The molecule has 0 aliphatic heterocycles. The first kappa shape index (κ1) is 17.3. The third-order valence-electron chi connectivity index (χ3n) is 3.45. The Morgan fingerprint density at radius 3 is 2.62 bits per heavy atom. The fourth-order valence-corrected chi connectivity index (χ4v) is 2.18. The SMILES string of the molecule is O=C(NCCc1cccnc1)Nc1ccc(Oc2ccc(F)cc2)nc1. The van der Waals surface area contributed by atoms with Crippen LogP contribution >= 0.6 is 0 Å². The number of anilines is 1. The Morgan fingerprint density at radius 2 is 1.92 bits per heavy atom. The molecule has 2 aromatic heterocycles. The first-order chi connectivity index (χ1) is 12.7. The predicted molar refractivity (Wildman–Crippen MR) is 95.7 cm³/mol. The van der Waals surface area contributed by atoms with Crippen molar-refractivity contribution in [1.82, 2.24) is 15.3 Å². The van der Waals surface area contributed by atoms with Gasteiger partial charge >= 0.3 is 6.03 Å². The lowest BCUT2D eigenvalue weighted by Crippen LogP contribution is -2.30. The van der Waals surface area contributed by atoms with Crippen LogP contribution in [0, 0.1) is 5.82 Å². The molecule has 0 saturated heterocycles. The van der Waals surface area contributed by atoms with Crippen molar-refractivity contribution in [1.29, 1.82) is 0 Å². The summed E-state index contributed by atoms with van der Waals surface area (Å²) >= 11 is 0. The molecule has 0 radical (unpaired) electrons. The number of hydrogen-bond acceptors (Lipinski definition) is 4. The molecule has 7 heteroatoms. The highest BCUT2D eigenvalue weighted by Crippen LogP contribution is 2.20. The van der Waals surface area contributed by atoms with Gasteiger partial charge in [0.25, 0.3) is 0 Å². The van der Waals surface area contributed by atoms with Gasteiger partial charge in [-0.1, -0.05) is 6.07 Å². The molecule has 2 heterocycles. The lowest BCUT2D eigenvalue weighted by molar-refractivity contribution is 0.252. The number of rotatable bonds is 6. The predicted octanol–water partition coefficient (Wildman–Crippen LogP) is 3.77. The van der Waals surface area contributed by atoms with Crippen LogP contribution in [-0.4, -0.2) is 22.5 Å². The Labute approximate surface area is 150 Å². The van der Waals surface area contributed by atoms with E-state index in [2.05, 4.69) is 20.6 Å². The first-order valence-electron chi connectivity index (χ1n) is 8.02. The van der Waals surface area contributed by atoms with E-state index in [1.165, 1.54) is 30.5 Å². The average Bonchev–Trinajstić information content (AvgIpc) is 2.66. The van der Waals surface area contributed by atoms with Crippen molar-refractivity contribution in [3.8, 4) is 11.6 Å². The van der Waals surface area contributed by atoms with E-state index in [4.69, 9.17) is 4.74 Å². The highest BCUT2D eigenvalue weighted by atomic mass is 19.1. The van der Waals surface area contributed by atoms with E-state index in [0.717, 1.165) is 5.56 Å². The number of amides is 2. The Balaban J connectivity index is 1.46. The molecule has 0 fully saturated rings. The number of aromatic nitrogens is 2. The number of urea groups is 1. The van der Waals surface area contributed by atoms with Crippen LogP contribution in [0.3, 0.4) is 0 Å². The van der Waals surface area contributed by atoms with Crippen LogP contribution in [0.4, 0.5) is 14.9 Å². The highest BCUT2D eigenvalue weighted by molar-refractivity contribution is 5.89. The van der Waals surface area contributed by atoms with Gasteiger partial charge in [-0.2, -0.15) is 0 Å². The summed E-state index contributed by atoms with van der Waals surface area (Å²) in [6.45, 7) is 0.497. The zero-order chi connectivity index (χ0) is 18.2. The zero-order valence-corrected chi connectivity index (χ0v) is 13.9. The zero-order valence-electron chi connectivity index (χ0n) is 13.9. The maximum Gasteiger partial charge on any atom is 0.319 e. The van der Waals surface area contributed by atoms with Crippen LogP contribution in [0.15, 0.2) is 67.1 Å². The molecule has 0 spiro atoms. The van der Waals surface area contributed by atoms with Crippen molar-refractivity contribution >= 4 is 11.7 Å². The van der Waals surface area contributed by atoms with Crippen molar-refractivity contribution in [2.24, 2.45) is 0 Å². The molecule has 0 bridgehead atoms. The third kappa shape index (κ3) is 5.27. The molecule has 132 valence electrons.